The average Bonchev–Trinajstić information content (AvgIpc) is 2.35. The fourth-order valence-corrected chi connectivity index (χ4v) is 1.81. The molecule has 100 valence electrons. The highest BCUT2D eigenvalue weighted by Gasteiger charge is 2.01. The van der Waals surface area contributed by atoms with Gasteiger partial charge in [0.15, 0.2) is 0 Å². The van der Waals surface area contributed by atoms with E-state index in [9.17, 15) is 0 Å². The van der Waals surface area contributed by atoms with Crippen LogP contribution in [0, 0.1) is 0 Å². The quantitative estimate of drug-likeness (QED) is 0.591. The van der Waals surface area contributed by atoms with Crippen LogP contribution in [0.3, 0.4) is 0 Å². The first-order valence-electron chi connectivity index (χ1n) is 5.88. The summed E-state index contributed by atoms with van der Waals surface area (Å²) in [6.07, 6.45) is 0. The topological polar surface area (TPSA) is 30.5 Å². The second-order valence-electron chi connectivity index (χ2n) is 4.14. The van der Waals surface area contributed by atoms with E-state index in [0.717, 1.165) is 28.9 Å². The molecular formula is C14H20BrNO2. The van der Waals surface area contributed by atoms with Crippen molar-refractivity contribution in [3.05, 3.63) is 40.4 Å². The first-order valence-corrected chi connectivity index (χ1v) is 6.68. The van der Waals surface area contributed by atoms with E-state index in [1.165, 1.54) is 5.56 Å². The van der Waals surface area contributed by atoms with Crippen LogP contribution >= 0.6 is 15.9 Å². The lowest BCUT2D eigenvalue weighted by Gasteiger charge is -2.09. The van der Waals surface area contributed by atoms with Gasteiger partial charge in [-0.25, -0.2) is 0 Å². The van der Waals surface area contributed by atoms with Gasteiger partial charge in [0.05, 0.1) is 20.3 Å². The van der Waals surface area contributed by atoms with Crippen molar-refractivity contribution >= 4 is 15.9 Å². The molecular weight excluding hydrogens is 294 g/mol. The minimum Gasteiger partial charge on any atom is -0.497 e. The number of rotatable bonds is 8. The predicted octanol–water partition coefficient (Wildman–Crippen LogP) is 3.14. The highest BCUT2D eigenvalue weighted by Crippen LogP contribution is 2.22. The third-order valence-corrected chi connectivity index (χ3v) is 3.11. The molecule has 1 aromatic rings. The third kappa shape index (κ3) is 5.67. The smallest absolute Gasteiger partial charge is 0.119 e. The molecule has 0 unspecified atom stereocenters. The Labute approximate surface area is 117 Å². The summed E-state index contributed by atoms with van der Waals surface area (Å²) >= 11 is 3.52. The van der Waals surface area contributed by atoms with Crippen LogP contribution in [-0.4, -0.2) is 26.9 Å². The average molecular weight is 314 g/mol. The van der Waals surface area contributed by atoms with Crippen LogP contribution in [0.15, 0.2) is 34.8 Å². The minimum absolute atomic E-state index is 0.629. The molecule has 0 fully saturated rings. The molecule has 18 heavy (non-hydrogen) atoms. The van der Waals surface area contributed by atoms with E-state index in [1.54, 1.807) is 7.11 Å². The molecule has 3 nitrogen and oxygen atoms in total. The van der Waals surface area contributed by atoms with Crippen molar-refractivity contribution in [2.24, 2.45) is 0 Å². The van der Waals surface area contributed by atoms with Crippen molar-refractivity contribution in [1.29, 1.82) is 0 Å². The second kappa shape index (κ2) is 8.29. The van der Waals surface area contributed by atoms with E-state index in [4.69, 9.17) is 9.47 Å². The molecule has 0 saturated carbocycles. The SMILES string of the molecule is C=C(C)COCCNCc1cc(OC)ccc1Br. The molecule has 0 spiro atoms. The van der Waals surface area contributed by atoms with E-state index >= 15 is 0 Å². The van der Waals surface area contributed by atoms with Crippen molar-refractivity contribution < 1.29 is 9.47 Å². The lowest BCUT2D eigenvalue weighted by atomic mass is 10.2. The van der Waals surface area contributed by atoms with Gasteiger partial charge < -0.3 is 14.8 Å². The molecule has 1 aromatic carbocycles. The summed E-state index contributed by atoms with van der Waals surface area (Å²) in [5, 5.41) is 3.33. The molecule has 0 saturated heterocycles. The Bertz CT molecular complexity index is 393. The molecule has 0 heterocycles. The predicted molar refractivity (Wildman–Crippen MR) is 78.0 cm³/mol. The molecule has 0 aliphatic rings. The maximum Gasteiger partial charge on any atom is 0.119 e. The molecule has 1 rings (SSSR count). The van der Waals surface area contributed by atoms with Gasteiger partial charge in [0.1, 0.15) is 5.75 Å². The van der Waals surface area contributed by atoms with Gasteiger partial charge in [-0.15, -0.1) is 0 Å². The minimum atomic E-state index is 0.629. The summed E-state index contributed by atoms with van der Waals surface area (Å²) in [7, 11) is 1.67. The molecule has 4 heteroatoms. The molecule has 0 atom stereocenters. The van der Waals surface area contributed by atoms with E-state index < -0.39 is 0 Å². The Kier molecular flexibility index (Phi) is 7.01. The van der Waals surface area contributed by atoms with Crippen LogP contribution in [0.2, 0.25) is 0 Å². The van der Waals surface area contributed by atoms with Gasteiger partial charge >= 0.3 is 0 Å². The van der Waals surface area contributed by atoms with Crippen molar-refractivity contribution in [2.45, 2.75) is 13.5 Å². The Balaban J connectivity index is 2.28. The summed E-state index contributed by atoms with van der Waals surface area (Å²) in [5.74, 6) is 0.869. The van der Waals surface area contributed by atoms with Gasteiger partial charge in [-0.3, -0.25) is 0 Å². The van der Waals surface area contributed by atoms with Gasteiger partial charge in [0.2, 0.25) is 0 Å². The zero-order valence-corrected chi connectivity index (χ0v) is 12.5. The highest BCUT2D eigenvalue weighted by atomic mass is 79.9. The fraction of sp³-hybridized carbons (Fsp3) is 0.429. The van der Waals surface area contributed by atoms with Crippen LogP contribution in [0.5, 0.6) is 5.75 Å². The van der Waals surface area contributed by atoms with Gasteiger partial charge in [-0.05, 0) is 30.7 Å². The van der Waals surface area contributed by atoms with E-state index in [-0.39, 0.29) is 0 Å². The number of ether oxygens (including phenoxy) is 2. The van der Waals surface area contributed by atoms with Gasteiger partial charge in [-0.1, -0.05) is 28.1 Å². The Morgan fingerprint density at radius 1 is 1.44 bits per heavy atom. The normalized spacial score (nSPS) is 10.4. The Morgan fingerprint density at radius 3 is 2.89 bits per heavy atom. The van der Waals surface area contributed by atoms with E-state index in [1.807, 2.05) is 25.1 Å². The van der Waals surface area contributed by atoms with Gasteiger partial charge in [-0.2, -0.15) is 0 Å². The summed E-state index contributed by atoms with van der Waals surface area (Å²) in [6.45, 7) is 8.67. The van der Waals surface area contributed by atoms with Crippen molar-refractivity contribution in [3.8, 4) is 5.75 Å². The summed E-state index contributed by atoms with van der Waals surface area (Å²) in [5.41, 5.74) is 2.22. The zero-order valence-electron chi connectivity index (χ0n) is 11.0. The highest BCUT2D eigenvalue weighted by molar-refractivity contribution is 9.10. The summed E-state index contributed by atoms with van der Waals surface area (Å²) < 4.78 is 11.7. The molecule has 1 N–H and O–H groups in total. The molecule has 0 bridgehead atoms. The van der Waals surface area contributed by atoms with E-state index in [2.05, 4.69) is 27.8 Å². The lowest BCUT2D eigenvalue weighted by Crippen LogP contribution is -2.19. The van der Waals surface area contributed by atoms with E-state index in [0.29, 0.717) is 13.2 Å². The molecule has 0 amide bonds. The molecule has 0 aliphatic carbocycles. The monoisotopic (exact) mass is 313 g/mol. The largest absolute Gasteiger partial charge is 0.497 e. The van der Waals surface area contributed by atoms with Crippen molar-refractivity contribution in [3.63, 3.8) is 0 Å². The number of benzene rings is 1. The van der Waals surface area contributed by atoms with Crippen molar-refractivity contribution in [2.75, 3.05) is 26.9 Å². The number of hydrogen-bond donors (Lipinski definition) is 1. The van der Waals surface area contributed by atoms with Gasteiger partial charge in [0, 0.05) is 17.6 Å². The maximum absolute atomic E-state index is 5.41. The third-order valence-electron chi connectivity index (χ3n) is 2.34. The van der Waals surface area contributed by atoms with Crippen LogP contribution in [-0.2, 0) is 11.3 Å². The fourth-order valence-electron chi connectivity index (χ4n) is 1.43. The first kappa shape index (κ1) is 15.2. The molecule has 0 radical (unpaired) electrons. The van der Waals surface area contributed by atoms with Crippen molar-refractivity contribution in [1.82, 2.24) is 5.32 Å². The second-order valence-corrected chi connectivity index (χ2v) is 5.00. The van der Waals surface area contributed by atoms with Crippen LogP contribution in [0.1, 0.15) is 12.5 Å². The number of methoxy groups -OCH3 is 1. The molecule has 0 aromatic heterocycles. The molecule has 0 aliphatic heterocycles. The summed E-state index contributed by atoms with van der Waals surface area (Å²) in [4.78, 5) is 0. The number of hydrogen-bond acceptors (Lipinski definition) is 3. The van der Waals surface area contributed by atoms with Crippen LogP contribution < -0.4 is 10.1 Å². The summed E-state index contributed by atoms with van der Waals surface area (Å²) in [6, 6.07) is 5.95. The van der Waals surface area contributed by atoms with Crippen LogP contribution in [0.25, 0.3) is 0 Å². The Hall–Kier alpha value is -0.840. The number of nitrogens with one attached hydrogen (secondary N) is 1. The standard InChI is InChI=1S/C14H20BrNO2/c1-11(2)10-18-7-6-16-9-12-8-13(17-3)4-5-14(12)15/h4-5,8,16H,1,6-7,9-10H2,2-3H3. The van der Waals surface area contributed by atoms with Gasteiger partial charge in [0.25, 0.3) is 0 Å². The maximum atomic E-state index is 5.41. The number of halogens is 1. The Morgan fingerprint density at radius 2 is 2.22 bits per heavy atom. The zero-order chi connectivity index (χ0) is 13.4. The lowest BCUT2D eigenvalue weighted by molar-refractivity contribution is 0.157. The van der Waals surface area contributed by atoms with Crippen LogP contribution in [0.4, 0.5) is 0 Å². The first-order chi connectivity index (χ1) is 8.63.